The van der Waals surface area contributed by atoms with Crippen LogP contribution in [0.2, 0.25) is 0 Å². The Morgan fingerprint density at radius 1 is 0.552 bits per heavy atom. The number of rotatable bonds is 18. The van der Waals surface area contributed by atoms with Crippen molar-refractivity contribution in [1.29, 1.82) is 0 Å². The fraction of sp³-hybridized carbons (Fsp3) is 0.250. The van der Waals surface area contributed by atoms with Crippen molar-refractivity contribution < 1.29 is 173 Å². The van der Waals surface area contributed by atoms with Crippen molar-refractivity contribution in [1.82, 2.24) is 40.5 Å². The number of aryl methyl sites for hydroxylation is 4. The van der Waals surface area contributed by atoms with E-state index in [9.17, 15) is 58.8 Å². The van der Waals surface area contributed by atoms with Gasteiger partial charge in [-0.25, -0.2) is 0 Å². The number of aromatic nitrogens is 6. The minimum Gasteiger partial charge on any atom is -0.550 e. The van der Waals surface area contributed by atoms with Crippen molar-refractivity contribution in [2.45, 2.75) is 63.5 Å². The zero-order valence-corrected chi connectivity index (χ0v) is 45.0. The number of benzene rings is 2. The number of amides is 2. The van der Waals surface area contributed by atoms with Crippen LogP contribution in [0.5, 0.6) is 0 Å². The molecule has 0 saturated heterocycles. The van der Waals surface area contributed by atoms with Crippen LogP contribution in [0, 0.1) is 0 Å². The number of carboxylic acids is 4. The molecule has 6 rings (SSSR count). The molecule has 332 valence electrons. The molecular formula is C40H40N10Na4O13. The van der Waals surface area contributed by atoms with Crippen LogP contribution in [0.4, 0.5) is 11.9 Å². The summed E-state index contributed by atoms with van der Waals surface area (Å²) in [5.74, 6) is -7.24. The van der Waals surface area contributed by atoms with Crippen molar-refractivity contribution in [3.8, 4) is 0 Å². The van der Waals surface area contributed by atoms with Gasteiger partial charge in [0, 0.05) is 35.5 Å². The number of H-pyrrole nitrogens is 4. The largest absolute Gasteiger partial charge is 1.00 e. The molecule has 2 amide bonds. The molecule has 0 aliphatic rings. The Morgan fingerprint density at radius 2 is 0.881 bits per heavy atom. The van der Waals surface area contributed by atoms with Crippen LogP contribution in [0.15, 0.2) is 70.5 Å². The third kappa shape index (κ3) is 18.3. The Kier molecular flexibility index (Phi) is 27.6. The van der Waals surface area contributed by atoms with Crippen LogP contribution in [0.1, 0.15) is 68.7 Å². The van der Waals surface area contributed by atoms with Crippen LogP contribution in [-0.4, -0.2) is 83.2 Å². The van der Waals surface area contributed by atoms with E-state index in [-0.39, 0.29) is 160 Å². The monoisotopic (exact) mass is 960 g/mol. The van der Waals surface area contributed by atoms with E-state index in [2.05, 4.69) is 40.5 Å². The third-order valence-corrected chi connectivity index (χ3v) is 9.55. The quantitative estimate of drug-likeness (QED) is 0.0371. The van der Waals surface area contributed by atoms with E-state index in [0.717, 1.165) is 22.3 Å². The number of nitrogens with two attached hydrogens (primary N) is 2. The first-order valence-corrected chi connectivity index (χ1v) is 18.8. The average Bonchev–Trinajstić information content (AvgIpc) is 3.83. The van der Waals surface area contributed by atoms with Crippen molar-refractivity contribution in [2.75, 3.05) is 11.5 Å². The SMILES string of the molecule is Nc1nc(=O)c2c(CCc3ccc(C(=O)N[C@@H](CCC(=O)[O-])C(=O)[O-])cc3)c[nH]c2[nH]1.Nc1nc(=O)c2c(CCc3ccc(C(=O)N[C@@H](CCC(=O)[O-])C(=O)[O-])cc3)c[nH]c2[nH]1.O.[Na+].[Na+].[Na+].[Na+]. The summed E-state index contributed by atoms with van der Waals surface area (Å²) in [5.41, 5.74) is 15.0. The number of anilines is 2. The molecule has 2 aromatic carbocycles. The maximum atomic E-state index is 12.2. The van der Waals surface area contributed by atoms with E-state index >= 15 is 0 Å². The molecule has 12 N–H and O–H groups in total. The van der Waals surface area contributed by atoms with E-state index < -0.39 is 71.7 Å². The van der Waals surface area contributed by atoms with Gasteiger partial charge < -0.3 is 87.1 Å². The number of carbonyl (C=O) groups is 6. The molecule has 67 heavy (non-hydrogen) atoms. The molecular weight excluding hydrogens is 920 g/mol. The second-order valence-electron chi connectivity index (χ2n) is 13.9. The van der Waals surface area contributed by atoms with Gasteiger partial charge >= 0.3 is 118 Å². The van der Waals surface area contributed by atoms with E-state index in [1.807, 2.05) is 0 Å². The third-order valence-electron chi connectivity index (χ3n) is 9.55. The Hall–Kier alpha value is -4.34. The molecule has 2 atom stereocenters. The second-order valence-corrected chi connectivity index (χ2v) is 13.9. The maximum absolute atomic E-state index is 12.2. The number of hydrogen-bond acceptors (Lipinski definition) is 16. The van der Waals surface area contributed by atoms with Gasteiger partial charge in [-0.3, -0.25) is 19.2 Å². The molecule has 0 aliphatic carbocycles. The van der Waals surface area contributed by atoms with Gasteiger partial charge in [0.1, 0.15) is 11.3 Å². The van der Waals surface area contributed by atoms with Crippen LogP contribution < -0.4 is 172 Å². The van der Waals surface area contributed by atoms with Crippen LogP contribution in [0.3, 0.4) is 0 Å². The van der Waals surface area contributed by atoms with Crippen molar-refractivity contribution >= 4 is 69.7 Å². The van der Waals surface area contributed by atoms with E-state index in [4.69, 9.17) is 11.5 Å². The van der Waals surface area contributed by atoms with Gasteiger partial charge in [-0.2, -0.15) is 9.97 Å². The molecule has 0 spiro atoms. The molecule has 4 heterocycles. The Bertz CT molecular complexity index is 2570. The average molecular weight is 961 g/mol. The normalized spacial score (nSPS) is 11.0. The van der Waals surface area contributed by atoms with Gasteiger partial charge in [-0.15, -0.1) is 0 Å². The molecule has 0 bridgehead atoms. The van der Waals surface area contributed by atoms with Gasteiger partial charge in [0.25, 0.3) is 22.9 Å². The molecule has 0 unspecified atom stereocenters. The van der Waals surface area contributed by atoms with Crippen molar-refractivity contribution in [2.24, 2.45) is 0 Å². The predicted molar refractivity (Wildman–Crippen MR) is 215 cm³/mol. The molecule has 0 saturated carbocycles. The van der Waals surface area contributed by atoms with Crippen LogP contribution in [0.25, 0.3) is 22.1 Å². The summed E-state index contributed by atoms with van der Waals surface area (Å²) in [4.78, 5) is 111. The number of carboxylic acid groups (broad SMARTS) is 4. The van der Waals surface area contributed by atoms with Gasteiger partial charge in [0.05, 0.1) is 34.8 Å². The number of aromatic amines is 4. The van der Waals surface area contributed by atoms with Gasteiger partial charge in [-0.1, -0.05) is 24.3 Å². The zero-order chi connectivity index (χ0) is 45.1. The number of carbonyl (C=O) groups excluding carboxylic acids is 6. The first-order valence-electron chi connectivity index (χ1n) is 18.8. The summed E-state index contributed by atoms with van der Waals surface area (Å²) >= 11 is 0. The zero-order valence-electron chi connectivity index (χ0n) is 37.0. The van der Waals surface area contributed by atoms with E-state index in [0.29, 0.717) is 47.8 Å². The van der Waals surface area contributed by atoms with Gasteiger partial charge in [-0.05, 0) is 97.9 Å². The van der Waals surface area contributed by atoms with Crippen LogP contribution >= 0.6 is 0 Å². The number of nitrogens with zero attached hydrogens (tertiary/aromatic N) is 2. The summed E-state index contributed by atoms with van der Waals surface area (Å²) in [6.45, 7) is 0. The summed E-state index contributed by atoms with van der Waals surface area (Å²) in [6.07, 6.45) is 3.94. The molecule has 4 aromatic heterocycles. The first-order chi connectivity index (χ1) is 29.5. The number of hydrogen-bond donors (Lipinski definition) is 8. The maximum Gasteiger partial charge on any atom is 1.00 e. The molecule has 0 aliphatic heterocycles. The molecule has 0 fully saturated rings. The summed E-state index contributed by atoms with van der Waals surface area (Å²) in [5, 5.41) is 48.5. The molecule has 0 radical (unpaired) electrons. The Labute approximate surface area is 467 Å². The molecule has 6 aromatic rings. The standard InChI is InChI=1S/2C20H21N5O6.4Na.H2O/c2*21-20-24-16-15(18(29)25-20)12(9-22-16)6-3-10-1-4-11(5-2-10)17(28)23-13(19(30)31)7-8-14(26)27;;;;;/h2*1-2,4-5,9,13H,3,6-8H2,(H,23,28)(H,26,27)(H,30,31)(H4,21,22,24,25,29);;;;;1H2/q;;4*+1;/p-4/t2*13-;;;;;/m00...../s1. The summed E-state index contributed by atoms with van der Waals surface area (Å²) < 4.78 is 0. The summed E-state index contributed by atoms with van der Waals surface area (Å²) in [7, 11) is 0. The number of fused-ring (bicyclic) bond motifs is 2. The van der Waals surface area contributed by atoms with Crippen molar-refractivity contribution in [3.63, 3.8) is 0 Å². The molecule has 27 heteroatoms. The van der Waals surface area contributed by atoms with Gasteiger partial charge in [0.15, 0.2) is 0 Å². The van der Waals surface area contributed by atoms with E-state index in [1.165, 1.54) is 24.3 Å². The Balaban J connectivity index is 0.00000121. The van der Waals surface area contributed by atoms with Crippen molar-refractivity contribution in [3.05, 3.63) is 115 Å². The topological polar surface area (TPSA) is 425 Å². The van der Waals surface area contributed by atoms with E-state index in [1.54, 1.807) is 36.7 Å². The number of nitrogens with one attached hydrogen (secondary N) is 6. The number of nitrogen functional groups attached to an aromatic ring is 2. The fourth-order valence-corrected chi connectivity index (χ4v) is 6.36. The minimum absolute atomic E-state index is 0. The minimum atomic E-state index is -1.57. The number of aliphatic carboxylic acids is 4. The first kappa shape index (κ1) is 62.7. The smallest absolute Gasteiger partial charge is 0.550 e. The molecule has 23 nitrogen and oxygen atoms in total. The van der Waals surface area contributed by atoms with Crippen LogP contribution in [-0.2, 0) is 44.9 Å². The Morgan fingerprint density at radius 3 is 1.18 bits per heavy atom. The second kappa shape index (κ2) is 29.5. The summed E-state index contributed by atoms with van der Waals surface area (Å²) in [6, 6.07) is 10.1. The predicted octanol–water partition coefficient (Wildman–Crippen LogP) is -16.8. The van der Waals surface area contributed by atoms with Gasteiger partial charge in [0.2, 0.25) is 11.9 Å². The fourth-order valence-electron chi connectivity index (χ4n) is 6.36.